The second-order valence-corrected chi connectivity index (χ2v) is 10.2. The molecule has 3 heterocycles. The Kier molecular flexibility index (Phi) is 7.72. The summed E-state index contributed by atoms with van der Waals surface area (Å²) in [6.07, 6.45) is 4.45. The molecule has 2 N–H and O–H groups in total. The fourth-order valence-electron chi connectivity index (χ4n) is 4.86. The van der Waals surface area contributed by atoms with Gasteiger partial charge in [0.2, 0.25) is 0 Å². The maximum atomic E-state index is 12.3. The first-order chi connectivity index (χ1) is 16.7. The van der Waals surface area contributed by atoms with Crippen LogP contribution in [0.3, 0.4) is 0 Å². The van der Waals surface area contributed by atoms with Gasteiger partial charge in [-0.25, -0.2) is 4.98 Å². The fourth-order valence-corrected chi connectivity index (χ4v) is 4.86. The van der Waals surface area contributed by atoms with Crippen LogP contribution in [0.15, 0.2) is 35.3 Å². The molecule has 0 saturated carbocycles. The van der Waals surface area contributed by atoms with E-state index in [1.54, 1.807) is 11.6 Å². The van der Waals surface area contributed by atoms with Gasteiger partial charge in [-0.1, -0.05) is 19.9 Å². The lowest BCUT2D eigenvalue weighted by Gasteiger charge is -2.23. The van der Waals surface area contributed by atoms with E-state index < -0.39 is 12.0 Å². The van der Waals surface area contributed by atoms with Crippen LogP contribution in [0.5, 0.6) is 0 Å². The molecule has 1 unspecified atom stereocenters. The Morgan fingerprint density at radius 1 is 1.26 bits per heavy atom. The molecule has 8 heteroatoms. The van der Waals surface area contributed by atoms with E-state index in [1.807, 2.05) is 45.2 Å². The summed E-state index contributed by atoms with van der Waals surface area (Å²) in [5.41, 5.74) is 4.49. The summed E-state index contributed by atoms with van der Waals surface area (Å²) in [5.74, 6) is 0.813. The Bertz CT molecular complexity index is 1230. The summed E-state index contributed by atoms with van der Waals surface area (Å²) >= 11 is 0. The Balaban J connectivity index is 1.69. The number of nitrogens with one attached hydrogen (secondary N) is 1. The normalized spacial score (nSPS) is 15.7. The average Bonchev–Trinajstić information content (AvgIpc) is 3.17. The van der Waals surface area contributed by atoms with Crippen LogP contribution in [-0.4, -0.2) is 44.4 Å². The van der Waals surface area contributed by atoms with Crippen LogP contribution in [0.2, 0.25) is 0 Å². The van der Waals surface area contributed by atoms with Gasteiger partial charge < -0.3 is 24.3 Å². The molecule has 35 heavy (non-hydrogen) atoms. The molecule has 1 fully saturated rings. The number of carboxylic acids is 1. The predicted octanol–water partition coefficient (Wildman–Crippen LogP) is 3.73. The number of benzene rings is 1. The summed E-state index contributed by atoms with van der Waals surface area (Å²) in [4.78, 5) is 28.9. The lowest BCUT2D eigenvalue weighted by Crippen LogP contribution is -2.37. The van der Waals surface area contributed by atoms with Crippen molar-refractivity contribution in [2.45, 2.75) is 59.2 Å². The molecule has 1 saturated heterocycles. The van der Waals surface area contributed by atoms with Gasteiger partial charge in [-0.3, -0.25) is 9.59 Å². The van der Waals surface area contributed by atoms with E-state index in [1.165, 1.54) is 0 Å². The zero-order valence-electron chi connectivity index (χ0n) is 21.1. The van der Waals surface area contributed by atoms with Gasteiger partial charge in [-0.2, -0.15) is 0 Å². The molecular weight excluding hydrogens is 444 g/mol. The molecule has 1 aliphatic heterocycles. The lowest BCUT2D eigenvalue weighted by molar-refractivity contribution is -0.140. The van der Waals surface area contributed by atoms with Crippen molar-refractivity contribution < 1.29 is 14.6 Å². The highest BCUT2D eigenvalue weighted by atomic mass is 16.5. The summed E-state index contributed by atoms with van der Waals surface area (Å²) < 4.78 is 9.43. The van der Waals surface area contributed by atoms with Crippen LogP contribution in [0.1, 0.15) is 44.2 Å². The smallest absolute Gasteiger partial charge is 0.320 e. The number of hydrogen-bond donors (Lipinski definition) is 2. The van der Waals surface area contributed by atoms with Gasteiger partial charge in [0.25, 0.3) is 5.56 Å². The van der Waals surface area contributed by atoms with Crippen LogP contribution in [0, 0.1) is 18.8 Å². The van der Waals surface area contributed by atoms with Crippen molar-refractivity contribution in [1.29, 1.82) is 0 Å². The van der Waals surface area contributed by atoms with Gasteiger partial charge in [0.15, 0.2) is 0 Å². The molecular formula is C27H36N4O4. The van der Waals surface area contributed by atoms with E-state index in [0.717, 1.165) is 60.6 Å². The summed E-state index contributed by atoms with van der Waals surface area (Å²) in [6.45, 7) is 8.74. The number of ether oxygens (including phenoxy) is 1. The van der Waals surface area contributed by atoms with Crippen LogP contribution in [-0.2, 0) is 29.7 Å². The summed E-state index contributed by atoms with van der Waals surface area (Å²) in [6, 6.07) is 7.49. The summed E-state index contributed by atoms with van der Waals surface area (Å²) in [5, 5.41) is 12.7. The van der Waals surface area contributed by atoms with E-state index in [-0.39, 0.29) is 5.56 Å². The minimum Gasteiger partial charge on any atom is -0.480 e. The molecule has 0 amide bonds. The second kappa shape index (κ2) is 10.7. The van der Waals surface area contributed by atoms with Gasteiger partial charge in [0.05, 0.1) is 11.0 Å². The van der Waals surface area contributed by atoms with E-state index in [4.69, 9.17) is 9.72 Å². The first-order valence-electron chi connectivity index (χ1n) is 12.4. The van der Waals surface area contributed by atoms with Crippen LogP contribution in [0.25, 0.3) is 22.4 Å². The van der Waals surface area contributed by atoms with Crippen LogP contribution in [0.4, 0.5) is 0 Å². The SMILES string of the molecule is Cc1cc(-c2nc3cc(CNC(CC(C)C)C(=O)O)ccc3n2CC2CCOCC2)cn(C)c1=O. The third-order valence-corrected chi connectivity index (χ3v) is 6.77. The van der Waals surface area contributed by atoms with Gasteiger partial charge in [-0.05, 0) is 61.8 Å². The molecule has 4 rings (SSSR count). The molecule has 3 aromatic rings. The number of aromatic nitrogens is 3. The largest absolute Gasteiger partial charge is 0.480 e. The Labute approximate surface area is 205 Å². The highest BCUT2D eigenvalue weighted by Crippen LogP contribution is 2.29. The van der Waals surface area contributed by atoms with Crippen molar-refractivity contribution in [2.24, 2.45) is 18.9 Å². The number of pyridine rings is 1. The highest BCUT2D eigenvalue weighted by Gasteiger charge is 2.21. The number of carbonyl (C=O) groups is 1. The molecule has 0 radical (unpaired) electrons. The Morgan fingerprint density at radius 2 is 2.00 bits per heavy atom. The number of rotatable bonds is 9. The molecule has 0 spiro atoms. The number of fused-ring (bicyclic) bond motifs is 1. The number of aryl methyl sites for hydroxylation is 2. The number of nitrogens with zero attached hydrogens (tertiary/aromatic N) is 3. The molecule has 0 bridgehead atoms. The minimum absolute atomic E-state index is 0.0106. The van der Waals surface area contributed by atoms with E-state index in [9.17, 15) is 14.7 Å². The van der Waals surface area contributed by atoms with Gasteiger partial charge in [0, 0.05) is 50.7 Å². The monoisotopic (exact) mass is 480 g/mol. The van der Waals surface area contributed by atoms with Crippen molar-refractivity contribution in [1.82, 2.24) is 19.4 Å². The molecule has 0 aliphatic carbocycles. The van der Waals surface area contributed by atoms with Crippen LogP contribution < -0.4 is 10.9 Å². The van der Waals surface area contributed by atoms with Crippen molar-refractivity contribution in [3.05, 3.63) is 51.9 Å². The number of aliphatic carboxylic acids is 1. The first kappa shape index (κ1) is 25.1. The highest BCUT2D eigenvalue weighted by molar-refractivity contribution is 5.81. The third kappa shape index (κ3) is 5.82. The minimum atomic E-state index is -0.826. The zero-order chi connectivity index (χ0) is 25.1. The molecule has 188 valence electrons. The van der Waals surface area contributed by atoms with Gasteiger partial charge >= 0.3 is 5.97 Å². The molecule has 2 aromatic heterocycles. The second-order valence-electron chi connectivity index (χ2n) is 10.2. The first-order valence-corrected chi connectivity index (χ1v) is 12.4. The van der Waals surface area contributed by atoms with Gasteiger partial charge in [0.1, 0.15) is 11.9 Å². The Hall–Kier alpha value is -2.97. The molecule has 1 aliphatic rings. The fraction of sp³-hybridized carbons (Fsp3) is 0.519. The van der Waals surface area contributed by atoms with Crippen LogP contribution >= 0.6 is 0 Å². The molecule has 1 atom stereocenters. The average molecular weight is 481 g/mol. The third-order valence-electron chi connectivity index (χ3n) is 6.77. The van der Waals surface area contributed by atoms with Crippen molar-refractivity contribution in [3.8, 4) is 11.4 Å². The van der Waals surface area contributed by atoms with E-state index >= 15 is 0 Å². The van der Waals surface area contributed by atoms with Gasteiger partial charge in [-0.15, -0.1) is 0 Å². The maximum absolute atomic E-state index is 12.3. The standard InChI is InChI=1S/C27H36N4O4/c1-17(2)11-23(27(33)34)28-14-20-5-6-24-22(13-20)29-25(21-12-18(3)26(32)30(4)16-21)31(24)15-19-7-9-35-10-8-19/h5-6,12-13,16-17,19,23,28H,7-11,14-15H2,1-4H3,(H,33,34). The lowest BCUT2D eigenvalue weighted by atomic mass is 10.00. The molecule has 8 nitrogen and oxygen atoms in total. The number of imidazole rings is 1. The van der Waals surface area contributed by atoms with Crippen molar-refractivity contribution >= 4 is 17.0 Å². The number of hydrogen-bond acceptors (Lipinski definition) is 5. The maximum Gasteiger partial charge on any atom is 0.320 e. The van der Waals surface area contributed by atoms with Crippen molar-refractivity contribution in [2.75, 3.05) is 13.2 Å². The topological polar surface area (TPSA) is 98.4 Å². The van der Waals surface area contributed by atoms with Crippen molar-refractivity contribution in [3.63, 3.8) is 0 Å². The zero-order valence-corrected chi connectivity index (χ0v) is 21.1. The Morgan fingerprint density at radius 3 is 2.66 bits per heavy atom. The number of carboxylic acid groups (broad SMARTS) is 1. The molecule has 1 aromatic carbocycles. The van der Waals surface area contributed by atoms with E-state index in [2.05, 4.69) is 16.0 Å². The van der Waals surface area contributed by atoms with E-state index in [0.29, 0.717) is 30.4 Å². The predicted molar refractivity (Wildman–Crippen MR) is 136 cm³/mol. The quantitative estimate of drug-likeness (QED) is 0.484. The summed E-state index contributed by atoms with van der Waals surface area (Å²) in [7, 11) is 1.77.